The van der Waals surface area contributed by atoms with Crippen molar-refractivity contribution in [3.63, 3.8) is 0 Å². The Balaban J connectivity index is 3.55. The van der Waals surface area contributed by atoms with E-state index in [0.717, 1.165) is 25.0 Å². The molecule has 2 heteroatoms. The molecule has 0 saturated heterocycles. The molecule has 0 aliphatic rings. The lowest BCUT2D eigenvalue weighted by Crippen LogP contribution is -1.92. The first kappa shape index (κ1) is 9.21. The van der Waals surface area contributed by atoms with E-state index in [1.54, 1.807) is 0 Å². The van der Waals surface area contributed by atoms with E-state index in [-0.39, 0.29) is 0 Å². The summed E-state index contributed by atoms with van der Waals surface area (Å²) in [5.41, 5.74) is 0.838. The lowest BCUT2D eigenvalue weighted by atomic mass is 10.2. The van der Waals surface area contributed by atoms with E-state index in [1.165, 1.54) is 0 Å². The smallest absolute Gasteiger partial charge is 0.0605 e. The number of hydrogen-bond acceptors (Lipinski definition) is 2. The Labute approximate surface area is 62.2 Å². The van der Waals surface area contributed by atoms with Gasteiger partial charge in [0.15, 0.2) is 0 Å². The largest absolute Gasteiger partial charge is 0.411 e. The molecule has 0 aromatic heterocycles. The third-order valence-corrected chi connectivity index (χ3v) is 1.31. The van der Waals surface area contributed by atoms with E-state index in [9.17, 15) is 0 Å². The molecule has 0 fully saturated rings. The lowest BCUT2D eigenvalue weighted by Gasteiger charge is -1.92. The van der Waals surface area contributed by atoms with Crippen LogP contribution >= 0.6 is 0 Å². The van der Waals surface area contributed by atoms with E-state index in [1.807, 2.05) is 13.0 Å². The minimum absolute atomic E-state index is 0.779. The second-order valence-corrected chi connectivity index (χ2v) is 2.10. The molecule has 0 rings (SSSR count). The predicted molar refractivity (Wildman–Crippen MR) is 43.6 cm³/mol. The Morgan fingerprint density at radius 2 is 2.10 bits per heavy atom. The second kappa shape index (κ2) is 6.33. The molecule has 0 radical (unpaired) electrons. The SMILES string of the molecule is CC/C=C/C/C(CC)=N/O. The van der Waals surface area contributed by atoms with Crippen molar-refractivity contribution < 1.29 is 5.21 Å². The van der Waals surface area contributed by atoms with Crippen molar-refractivity contribution >= 4 is 5.71 Å². The van der Waals surface area contributed by atoms with Gasteiger partial charge in [0.05, 0.1) is 5.71 Å². The van der Waals surface area contributed by atoms with Crippen LogP contribution in [0.5, 0.6) is 0 Å². The van der Waals surface area contributed by atoms with Gasteiger partial charge in [0.1, 0.15) is 0 Å². The molecule has 0 amide bonds. The van der Waals surface area contributed by atoms with Crippen LogP contribution in [0.3, 0.4) is 0 Å². The monoisotopic (exact) mass is 141 g/mol. The topological polar surface area (TPSA) is 32.6 Å². The molecule has 0 aliphatic carbocycles. The maximum Gasteiger partial charge on any atom is 0.0605 e. The molecule has 0 heterocycles. The first-order chi connectivity index (χ1) is 4.85. The molecule has 0 unspecified atom stereocenters. The van der Waals surface area contributed by atoms with Crippen LogP contribution in [-0.2, 0) is 0 Å². The Kier molecular flexibility index (Phi) is 5.83. The third-order valence-electron chi connectivity index (χ3n) is 1.31. The van der Waals surface area contributed by atoms with Gasteiger partial charge in [-0.15, -0.1) is 0 Å². The molecular formula is C8H15NO. The van der Waals surface area contributed by atoms with Crippen LogP contribution in [0.15, 0.2) is 17.3 Å². The van der Waals surface area contributed by atoms with Gasteiger partial charge in [-0.05, 0) is 12.8 Å². The van der Waals surface area contributed by atoms with Crippen LogP contribution in [0.4, 0.5) is 0 Å². The van der Waals surface area contributed by atoms with Gasteiger partial charge in [0.2, 0.25) is 0 Å². The summed E-state index contributed by atoms with van der Waals surface area (Å²) in [7, 11) is 0. The van der Waals surface area contributed by atoms with Crippen molar-refractivity contribution in [2.75, 3.05) is 0 Å². The van der Waals surface area contributed by atoms with Crippen molar-refractivity contribution in [1.82, 2.24) is 0 Å². The summed E-state index contributed by atoms with van der Waals surface area (Å²) in [5.74, 6) is 0. The molecule has 0 aromatic rings. The zero-order chi connectivity index (χ0) is 7.82. The highest BCUT2D eigenvalue weighted by Crippen LogP contribution is 1.94. The third kappa shape index (κ3) is 4.13. The van der Waals surface area contributed by atoms with Crippen molar-refractivity contribution in [3.05, 3.63) is 12.2 Å². The van der Waals surface area contributed by atoms with Crippen LogP contribution in [0.25, 0.3) is 0 Å². The van der Waals surface area contributed by atoms with Gasteiger partial charge < -0.3 is 5.21 Å². The van der Waals surface area contributed by atoms with Crippen LogP contribution < -0.4 is 0 Å². The van der Waals surface area contributed by atoms with Gasteiger partial charge in [0.25, 0.3) is 0 Å². The fourth-order valence-corrected chi connectivity index (χ4v) is 0.642. The molecule has 0 aliphatic heterocycles. The minimum atomic E-state index is 0.779. The molecule has 1 N–H and O–H groups in total. The number of nitrogens with zero attached hydrogens (tertiary/aromatic N) is 1. The number of rotatable bonds is 4. The Morgan fingerprint density at radius 1 is 1.40 bits per heavy atom. The fourth-order valence-electron chi connectivity index (χ4n) is 0.642. The summed E-state index contributed by atoms with van der Waals surface area (Å²) in [4.78, 5) is 0. The van der Waals surface area contributed by atoms with E-state index < -0.39 is 0 Å². The van der Waals surface area contributed by atoms with E-state index in [4.69, 9.17) is 5.21 Å². The summed E-state index contributed by atoms with van der Waals surface area (Å²) < 4.78 is 0. The number of allylic oxidation sites excluding steroid dienone is 2. The van der Waals surface area contributed by atoms with E-state index in [0.29, 0.717) is 0 Å². The summed E-state index contributed by atoms with van der Waals surface area (Å²) >= 11 is 0. The summed E-state index contributed by atoms with van der Waals surface area (Å²) in [5, 5.41) is 11.5. The molecule has 0 atom stereocenters. The Hall–Kier alpha value is -0.790. The Bertz CT molecular complexity index is 127. The maximum absolute atomic E-state index is 8.38. The molecule has 2 nitrogen and oxygen atoms in total. The second-order valence-electron chi connectivity index (χ2n) is 2.10. The average Bonchev–Trinajstić information content (AvgIpc) is 1.99. The lowest BCUT2D eigenvalue weighted by molar-refractivity contribution is 0.317. The normalized spacial score (nSPS) is 12.8. The highest BCUT2D eigenvalue weighted by molar-refractivity contribution is 5.84. The highest BCUT2D eigenvalue weighted by atomic mass is 16.4. The van der Waals surface area contributed by atoms with E-state index >= 15 is 0 Å². The molecule has 10 heavy (non-hydrogen) atoms. The van der Waals surface area contributed by atoms with Crippen molar-refractivity contribution in [2.24, 2.45) is 5.16 Å². The van der Waals surface area contributed by atoms with Crippen molar-refractivity contribution in [1.29, 1.82) is 0 Å². The molecule has 0 saturated carbocycles. The van der Waals surface area contributed by atoms with Crippen LogP contribution in [0.1, 0.15) is 33.1 Å². The maximum atomic E-state index is 8.38. The first-order valence-electron chi connectivity index (χ1n) is 3.69. The van der Waals surface area contributed by atoms with Crippen LogP contribution in [0.2, 0.25) is 0 Å². The highest BCUT2D eigenvalue weighted by Gasteiger charge is 1.90. The molecule has 58 valence electrons. The number of hydrogen-bond donors (Lipinski definition) is 1. The average molecular weight is 141 g/mol. The van der Waals surface area contributed by atoms with Gasteiger partial charge in [-0.2, -0.15) is 0 Å². The minimum Gasteiger partial charge on any atom is -0.411 e. The van der Waals surface area contributed by atoms with Crippen molar-refractivity contribution in [3.8, 4) is 0 Å². The van der Waals surface area contributed by atoms with Crippen molar-refractivity contribution in [2.45, 2.75) is 33.1 Å². The predicted octanol–water partition coefficient (Wildman–Crippen LogP) is 2.58. The standard InChI is InChI=1S/C8H15NO/c1-3-5-6-7-8(4-2)9-10/h5-6,10H,3-4,7H2,1-2H3/b6-5+,9-8+. The molecule has 0 aromatic carbocycles. The van der Waals surface area contributed by atoms with Gasteiger partial charge in [0, 0.05) is 6.42 Å². The zero-order valence-corrected chi connectivity index (χ0v) is 6.67. The van der Waals surface area contributed by atoms with Gasteiger partial charge >= 0.3 is 0 Å². The van der Waals surface area contributed by atoms with Gasteiger partial charge in [-0.1, -0.05) is 31.2 Å². The quantitative estimate of drug-likeness (QED) is 0.277. The number of oxime groups is 1. The molecular weight excluding hydrogens is 126 g/mol. The summed E-state index contributed by atoms with van der Waals surface area (Å²) in [6.07, 6.45) is 6.74. The van der Waals surface area contributed by atoms with Gasteiger partial charge in [-0.3, -0.25) is 0 Å². The zero-order valence-electron chi connectivity index (χ0n) is 6.67. The van der Waals surface area contributed by atoms with Crippen LogP contribution in [-0.4, -0.2) is 10.9 Å². The summed E-state index contributed by atoms with van der Waals surface area (Å²) in [6.45, 7) is 4.06. The van der Waals surface area contributed by atoms with Gasteiger partial charge in [-0.25, -0.2) is 0 Å². The summed E-state index contributed by atoms with van der Waals surface area (Å²) in [6, 6.07) is 0. The van der Waals surface area contributed by atoms with Crippen LogP contribution in [0, 0.1) is 0 Å². The Morgan fingerprint density at radius 3 is 2.50 bits per heavy atom. The van der Waals surface area contributed by atoms with E-state index in [2.05, 4.69) is 18.2 Å². The molecule has 0 spiro atoms. The molecule has 0 bridgehead atoms. The first-order valence-corrected chi connectivity index (χ1v) is 3.69. The fraction of sp³-hybridized carbons (Fsp3) is 0.625.